The minimum absolute atomic E-state index is 0.601. The van der Waals surface area contributed by atoms with Crippen LogP contribution in [-0.4, -0.2) is 18.8 Å². The van der Waals surface area contributed by atoms with Crippen molar-refractivity contribution in [1.29, 1.82) is 0 Å². The van der Waals surface area contributed by atoms with Crippen LogP contribution >= 0.6 is 0 Å². The van der Waals surface area contributed by atoms with E-state index in [1.165, 1.54) is 0 Å². The van der Waals surface area contributed by atoms with Gasteiger partial charge in [-0.25, -0.2) is 4.39 Å². The lowest BCUT2D eigenvalue weighted by Gasteiger charge is -2.46. The third-order valence-corrected chi connectivity index (χ3v) is 2.18. The number of hydrogen-bond donors (Lipinski definition) is 1. The smallest absolute Gasteiger partial charge is 0.124 e. The van der Waals surface area contributed by atoms with E-state index in [-0.39, 0.29) is 0 Å². The van der Waals surface area contributed by atoms with Gasteiger partial charge in [0.2, 0.25) is 0 Å². The normalized spacial score (nSPS) is 52.9. The molecule has 3 rings (SSSR count). The maximum Gasteiger partial charge on any atom is 0.124 e. The van der Waals surface area contributed by atoms with Crippen molar-refractivity contribution < 1.29 is 4.39 Å². The second-order valence-corrected chi connectivity index (χ2v) is 3.06. The lowest BCUT2D eigenvalue weighted by molar-refractivity contribution is -0.0231. The predicted molar refractivity (Wildman–Crippen MR) is 29.4 cm³/mol. The van der Waals surface area contributed by atoms with E-state index in [2.05, 4.69) is 5.32 Å². The second-order valence-electron chi connectivity index (χ2n) is 3.06. The molecule has 2 aliphatic heterocycles. The maximum absolute atomic E-state index is 12.9. The molecule has 1 N–H and O–H groups in total. The Hall–Kier alpha value is -0.110. The lowest BCUT2D eigenvalue weighted by Crippen LogP contribution is -2.56. The van der Waals surface area contributed by atoms with Crippen LogP contribution in [0, 0.1) is 5.92 Å². The molecule has 0 atom stereocenters. The van der Waals surface area contributed by atoms with Crippen LogP contribution in [0.4, 0.5) is 4.39 Å². The van der Waals surface area contributed by atoms with Crippen molar-refractivity contribution in [1.82, 2.24) is 5.32 Å². The van der Waals surface area contributed by atoms with Gasteiger partial charge in [-0.05, 0) is 25.3 Å². The molecular formula is C6H10FN. The summed E-state index contributed by atoms with van der Waals surface area (Å²) in [5.74, 6) is 0.661. The first-order valence-corrected chi connectivity index (χ1v) is 3.18. The van der Waals surface area contributed by atoms with Crippen LogP contribution in [0.25, 0.3) is 0 Å². The Morgan fingerprint density at radius 3 is 2.50 bits per heavy atom. The standard InChI is InChI=1S/C6H10FN/c7-6-1-5(2-6)3-8-4-6/h5,8H,1-4H2. The van der Waals surface area contributed by atoms with Crippen LogP contribution in [0.3, 0.4) is 0 Å². The van der Waals surface area contributed by atoms with E-state index >= 15 is 0 Å². The minimum atomic E-state index is -0.789. The molecule has 0 radical (unpaired) electrons. The number of rotatable bonds is 0. The fraction of sp³-hybridized carbons (Fsp3) is 1.00. The topological polar surface area (TPSA) is 12.0 Å². The Morgan fingerprint density at radius 1 is 1.50 bits per heavy atom. The van der Waals surface area contributed by atoms with Gasteiger partial charge in [0.1, 0.15) is 5.67 Å². The number of alkyl halides is 1. The van der Waals surface area contributed by atoms with Crippen molar-refractivity contribution in [2.45, 2.75) is 18.5 Å². The third kappa shape index (κ3) is 0.494. The third-order valence-electron chi connectivity index (χ3n) is 2.18. The summed E-state index contributed by atoms with van der Waals surface area (Å²) >= 11 is 0. The molecule has 1 aliphatic carbocycles. The van der Waals surface area contributed by atoms with E-state index in [9.17, 15) is 4.39 Å². The summed E-state index contributed by atoms with van der Waals surface area (Å²) in [5.41, 5.74) is -0.789. The molecule has 2 heterocycles. The zero-order chi connectivity index (χ0) is 5.61. The highest BCUT2D eigenvalue weighted by Gasteiger charge is 2.47. The van der Waals surface area contributed by atoms with Gasteiger partial charge in [-0.3, -0.25) is 0 Å². The molecule has 0 amide bonds. The number of fused-ring (bicyclic) bond motifs is 2. The minimum Gasteiger partial charge on any atom is -0.313 e. The van der Waals surface area contributed by atoms with E-state index in [4.69, 9.17) is 0 Å². The molecule has 0 unspecified atom stereocenters. The molecule has 46 valence electrons. The highest BCUT2D eigenvalue weighted by molar-refractivity contribution is 5.01. The van der Waals surface area contributed by atoms with Crippen molar-refractivity contribution in [3.63, 3.8) is 0 Å². The Balaban J connectivity index is 2.06. The highest BCUT2D eigenvalue weighted by atomic mass is 19.1. The van der Waals surface area contributed by atoms with Gasteiger partial charge in [0, 0.05) is 6.54 Å². The molecule has 0 aromatic rings. The summed E-state index contributed by atoms with van der Waals surface area (Å²) in [6, 6.07) is 0. The van der Waals surface area contributed by atoms with E-state index in [0.29, 0.717) is 12.5 Å². The van der Waals surface area contributed by atoms with Crippen LogP contribution in [0.2, 0.25) is 0 Å². The largest absolute Gasteiger partial charge is 0.313 e. The van der Waals surface area contributed by atoms with E-state index in [0.717, 1.165) is 19.4 Å². The molecule has 0 aromatic carbocycles. The SMILES string of the molecule is FC12CNCC(C1)C2. The first-order chi connectivity index (χ1) is 3.79. The average molecular weight is 115 g/mol. The Labute approximate surface area is 48.3 Å². The van der Waals surface area contributed by atoms with Crippen LogP contribution in [-0.2, 0) is 0 Å². The molecule has 3 fully saturated rings. The van der Waals surface area contributed by atoms with Crippen molar-refractivity contribution in [2.24, 2.45) is 5.92 Å². The van der Waals surface area contributed by atoms with Gasteiger partial charge in [-0.15, -0.1) is 0 Å². The lowest BCUT2D eigenvalue weighted by atomic mass is 9.69. The second kappa shape index (κ2) is 1.24. The molecular weight excluding hydrogens is 105 g/mol. The molecule has 0 aromatic heterocycles. The molecule has 1 nitrogen and oxygen atoms in total. The van der Waals surface area contributed by atoms with Gasteiger partial charge >= 0.3 is 0 Å². The van der Waals surface area contributed by atoms with Gasteiger partial charge in [-0.1, -0.05) is 0 Å². The van der Waals surface area contributed by atoms with E-state index < -0.39 is 5.67 Å². The summed E-state index contributed by atoms with van der Waals surface area (Å²) in [7, 11) is 0. The highest BCUT2D eigenvalue weighted by Crippen LogP contribution is 2.42. The van der Waals surface area contributed by atoms with Gasteiger partial charge in [-0.2, -0.15) is 0 Å². The summed E-state index contributed by atoms with van der Waals surface area (Å²) in [6.45, 7) is 1.65. The number of hydrogen-bond acceptors (Lipinski definition) is 1. The Morgan fingerprint density at radius 2 is 2.25 bits per heavy atom. The quantitative estimate of drug-likeness (QED) is 0.490. The van der Waals surface area contributed by atoms with E-state index in [1.807, 2.05) is 0 Å². The van der Waals surface area contributed by atoms with Crippen molar-refractivity contribution in [3.8, 4) is 0 Å². The number of nitrogens with one attached hydrogen (secondary N) is 1. The fourth-order valence-electron chi connectivity index (χ4n) is 1.76. The summed E-state index contributed by atoms with van der Waals surface area (Å²) in [4.78, 5) is 0. The summed E-state index contributed by atoms with van der Waals surface area (Å²) in [5, 5.41) is 3.05. The predicted octanol–water partition coefficient (Wildman–Crippen LogP) is 0.708. The Bertz CT molecular complexity index is 102. The first kappa shape index (κ1) is 4.74. The van der Waals surface area contributed by atoms with Crippen LogP contribution < -0.4 is 5.32 Å². The first-order valence-electron chi connectivity index (χ1n) is 3.18. The number of piperidine rings is 2. The molecule has 8 heavy (non-hydrogen) atoms. The molecule has 2 saturated heterocycles. The molecule has 2 heteroatoms. The number of halogens is 1. The van der Waals surface area contributed by atoms with Gasteiger partial charge in [0.15, 0.2) is 0 Å². The van der Waals surface area contributed by atoms with Crippen molar-refractivity contribution in [3.05, 3.63) is 0 Å². The van der Waals surface area contributed by atoms with Crippen LogP contribution in [0.1, 0.15) is 12.8 Å². The molecule has 3 aliphatic rings. The van der Waals surface area contributed by atoms with Crippen LogP contribution in [0.5, 0.6) is 0 Å². The van der Waals surface area contributed by atoms with Crippen LogP contribution in [0.15, 0.2) is 0 Å². The molecule has 2 bridgehead atoms. The van der Waals surface area contributed by atoms with Gasteiger partial charge in [0.05, 0.1) is 0 Å². The molecule has 0 spiro atoms. The maximum atomic E-state index is 12.9. The van der Waals surface area contributed by atoms with Gasteiger partial charge in [0.25, 0.3) is 0 Å². The zero-order valence-corrected chi connectivity index (χ0v) is 4.78. The summed E-state index contributed by atoms with van der Waals surface area (Å²) in [6.07, 6.45) is 1.64. The van der Waals surface area contributed by atoms with Gasteiger partial charge < -0.3 is 5.32 Å². The van der Waals surface area contributed by atoms with Crippen molar-refractivity contribution in [2.75, 3.05) is 13.1 Å². The summed E-state index contributed by atoms with van der Waals surface area (Å²) < 4.78 is 12.9. The Kier molecular flexibility index (Phi) is 0.734. The molecule has 1 saturated carbocycles. The monoisotopic (exact) mass is 115 g/mol. The average Bonchev–Trinajstić information content (AvgIpc) is 1.63. The fourth-order valence-corrected chi connectivity index (χ4v) is 1.76. The van der Waals surface area contributed by atoms with E-state index in [1.54, 1.807) is 0 Å². The zero-order valence-electron chi connectivity index (χ0n) is 4.78. The van der Waals surface area contributed by atoms with Crippen molar-refractivity contribution >= 4 is 0 Å².